The predicted octanol–water partition coefficient (Wildman–Crippen LogP) is 5.38. The zero-order valence-electron chi connectivity index (χ0n) is 17.0. The van der Waals surface area contributed by atoms with E-state index in [1.165, 1.54) is 43.1 Å². The van der Waals surface area contributed by atoms with Crippen molar-refractivity contribution in [2.45, 2.75) is 77.4 Å². The van der Waals surface area contributed by atoms with Crippen LogP contribution in [-0.4, -0.2) is 25.4 Å². The molecule has 3 nitrogen and oxygen atoms in total. The van der Waals surface area contributed by atoms with Gasteiger partial charge in [0.25, 0.3) is 0 Å². The first kappa shape index (κ1) is 19.5. The molecule has 0 radical (unpaired) electrons. The largest absolute Gasteiger partial charge is 0.497 e. The molecule has 3 rings (SSSR count). The van der Waals surface area contributed by atoms with E-state index in [1.807, 2.05) is 12.1 Å². The van der Waals surface area contributed by atoms with Gasteiger partial charge in [0.05, 0.1) is 18.3 Å². The van der Waals surface area contributed by atoms with E-state index in [1.54, 1.807) is 7.11 Å². The molecule has 1 heterocycles. The Morgan fingerprint density at radius 1 is 1.04 bits per heavy atom. The Labute approximate surface area is 159 Å². The minimum atomic E-state index is -0.302. The molecule has 1 aliphatic heterocycles. The molecule has 1 saturated heterocycles. The number of methoxy groups -OCH3 is 1. The van der Waals surface area contributed by atoms with Crippen molar-refractivity contribution < 1.29 is 14.0 Å². The molecule has 1 aliphatic carbocycles. The molecule has 2 fully saturated rings. The highest BCUT2D eigenvalue weighted by Gasteiger charge is 2.52. The molecule has 0 spiro atoms. The van der Waals surface area contributed by atoms with Crippen LogP contribution in [-0.2, 0) is 15.7 Å². The average molecular weight is 356 g/mol. The van der Waals surface area contributed by atoms with Crippen LogP contribution in [0.2, 0.25) is 0 Å². The van der Waals surface area contributed by atoms with Gasteiger partial charge < -0.3 is 14.0 Å². The molecule has 1 saturated carbocycles. The van der Waals surface area contributed by atoms with E-state index in [2.05, 4.69) is 45.9 Å². The lowest BCUT2D eigenvalue weighted by molar-refractivity contribution is 0.00578. The van der Waals surface area contributed by atoms with Crippen LogP contribution in [0.1, 0.15) is 65.4 Å². The Kier molecular flexibility index (Phi) is 5.83. The maximum absolute atomic E-state index is 6.37. The molecule has 0 atom stereocenters. The smallest absolute Gasteiger partial charge is 0.490 e. The lowest BCUT2D eigenvalue weighted by Crippen LogP contribution is -2.41. The van der Waals surface area contributed by atoms with Crippen LogP contribution in [0, 0.1) is 5.92 Å². The highest BCUT2D eigenvalue weighted by atomic mass is 16.7. The molecule has 0 amide bonds. The number of benzene rings is 1. The summed E-state index contributed by atoms with van der Waals surface area (Å²) < 4.78 is 18.0. The van der Waals surface area contributed by atoms with Crippen LogP contribution in [0.15, 0.2) is 35.8 Å². The first-order chi connectivity index (χ1) is 12.3. The van der Waals surface area contributed by atoms with Gasteiger partial charge in [-0.3, -0.25) is 0 Å². The SMILES string of the molecule is COc1ccc(C/C(=C/C2CCCCC2)B2OC(C)(C)C(C)(C)O2)cc1. The highest BCUT2D eigenvalue weighted by molar-refractivity contribution is 6.54. The first-order valence-corrected chi connectivity index (χ1v) is 10.00. The third-order valence-corrected chi connectivity index (χ3v) is 6.22. The number of hydrogen-bond donors (Lipinski definition) is 0. The van der Waals surface area contributed by atoms with Crippen LogP contribution in [0.3, 0.4) is 0 Å². The molecule has 4 heteroatoms. The summed E-state index contributed by atoms with van der Waals surface area (Å²) in [5.74, 6) is 1.54. The first-order valence-electron chi connectivity index (χ1n) is 10.00. The van der Waals surface area contributed by atoms with Gasteiger partial charge >= 0.3 is 7.12 Å². The van der Waals surface area contributed by atoms with Crippen LogP contribution in [0.25, 0.3) is 0 Å². The molecule has 1 aromatic carbocycles. The molecular weight excluding hydrogens is 323 g/mol. The Bertz CT molecular complexity index is 611. The van der Waals surface area contributed by atoms with Crippen molar-refractivity contribution in [2.24, 2.45) is 5.92 Å². The van der Waals surface area contributed by atoms with Gasteiger partial charge in [0.2, 0.25) is 0 Å². The second-order valence-corrected chi connectivity index (χ2v) is 8.75. The minimum Gasteiger partial charge on any atom is -0.497 e. The summed E-state index contributed by atoms with van der Waals surface area (Å²) in [5.41, 5.74) is 1.93. The van der Waals surface area contributed by atoms with Gasteiger partial charge in [0, 0.05) is 0 Å². The van der Waals surface area contributed by atoms with Gasteiger partial charge in [0.15, 0.2) is 0 Å². The number of hydrogen-bond acceptors (Lipinski definition) is 3. The summed E-state index contributed by atoms with van der Waals surface area (Å²) in [7, 11) is 1.44. The van der Waals surface area contributed by atoms with Crippen LogP contribution >= 0.6 is 0 Å². The van der Waals surface area contributed by atoms with Crippen molar-refractivity contribution in [1.82, 2.24) is 0 Å². The van der Waals surface area contributed by atoms with Crippen molar-refractivity contribution in [3.63, 3.8) is 0 Å². The van der Waals surface area contributed by atoms with Crippen LogP contribution in [0.4, 0.5) is 0 Å². The van der Waals surface area contributed by atoms with Crippen molar-refractivity contribution >= 4 is 7.12 Å². The van der Waals surface area contributed by atoms with Crippen LogP contribution < -0.4 is 4.74 Å². The van der Waals surface area contributed by atoms with Gasteiger partial charge in [-0.1, -0.05) is 37.5 Å². The lowest BCUT2D eigenvalue weighted by Gasteiger charge is -2.32. The fraction of sp³-hybridized carbons (Fsp3) is 0.636. The van der Waals surface area contributed by atoms with Gasteiger partial charge in [0.1, 0.15) is 5.75 Å². The molecule has 0 aromatic heterocycles. The average Bonchev–Trinajstić information content (AvgIpc) is 2.83. The zero-order chi connectivity index (χ0) is 18.8. The van der Waals surface area contributed by atoms with Gasteiger partial charge in [-0.2, -0.15) is 0 Å². The summed E-state index contributed by atoms with van der Waals surface area (Å²) in [6.07, 6.45) is 9.91. The highest BCUT2D eigenvalue weighted by Crippen LogP contribution is 2.40. The standard InChI is InChI=1S/C22H33BO3/c1-21(2)22(3,4)26-23(25-21)19(15-17-9-7-6-8-10-17)16-18-11-13-20(24-5)14-12-18/h11-15,17H,6-10,16H2,1-5H3/b19-15-. The zero-order valence-corrected chi connectivity index (χ0v) is 17.0. The van der Waals surface area contributed by atoms with E-state index in [0.717, 1.165) is 12.2 Å². The number of rotatable bonds is 5. The van der Waals surface area contributed by atoms with E-state index in [-0.39, 0.29) is 18.3 Å². The van der Waals surface area contributed by atoms with Crippen molar-refractivity contribution in [1.29, 1.82) is 0 Å². The Hall–Kier alpha value is -1.26. The van der Waals surface area contributed by atoms with Gasteiger partial charge in [-0.05, 0) is 76.0 Å². The molecule has 26 heavy (non-hydrogen) atoms. The fourth-order valence-electron chi connectivity index (χ4n) is 3.80. The summed E-state index contributed by atoms with van der Waals surface area (Å²) in [6, 6.07) is 8.33. The molecule has 0 N–H and O–H groups in total. The van der Waals surface area contributed by atoms with E-state index >= 15 is 0 Å². The lowest BCUT2D eigenvalue weighted by atomic mass is 9.72. The predicted molar refractivity (Wildman–Crippen MR) is 107 cm³/mol. The second-order valence-electron chi connectivity index (χ2n) is 8.75. The molecule has 0 unspecified atom stereocenters. The minimum absolute atomic E-state index is 0.260. The Morgan fingerprint density at radius 3 is 2.15 bits per heavy atom. The summed E-state index contributed by atoms with van der Waals surface area (Å²) in [6.45, 7) is 8.49. The van der Waals surface area contributed by atoms with Gasteiger partial charge in [-0.25, -0.2) is 0 Å². The second kappa shape index (κ2) is 7.78. The third-order valence-electron chi connectivity index (χ3n) is 6.22. The topological polar surface area (TPSA) is 27.7 Å². The Balaban J connectivity index is 1.83. The molecule has 0 bridgehead atoms. The Morgan fingerprint density at radius 2 is 1.62 bits per heavy atom. The molecular formula is C22H33BO3. The normalized spacial score (nSPS) is 23.3. The van der Waals surface area contributed by atoms with Crippen molar-refractivity contribution in [3.05, 3.63) is 41.4 Å². The van der Waals surface area contributed by atoms with E-state index in [9.17, 15) is 0 Å². The monoisotopic (exact) mass is 356 g/mol. The van der Waals surface area contributed by atoms with E-state index in [4.69, 9.17) is 14.0 Å². The van der Waals surface area contributed by atoms with E-state index in [0.29, 0.717) is 5.92 Å². The summed E-state index contributed by atoms with van der Waals surface area (Å²) in [4.78, 5) is 0. The van der Waals surface area contributed by atoms with Crippen LogP contribution in [0.5, 0.6) is 5.75 Å². The third kappa shape index (κ3) is 4.35. The fourth-order valence-corrected chi connectivity index (χ4v) is 3.80. The molecule has 1 aromatic rings. The number of allylic oxidation sites excluding steroid dienone is 2. The van der Waals surface area contributed by atoms with Crippen molar-refractivity contribution in [3.8, 4) is 5.75 Å². The summed E-state index contributed by atoms with van der Waals surface area (Å²) in [5, 5.41) is 0. The summed E-state index contributed by atoms with van der Waals surface area (Å²) >= 11 is 0. The molecule has 2 aliphatic rings. The van der Waals surface area contributed by atoms with E-state index < -0.39 is 0 Å². The van der Waals surface area contributed by atoms with Gasteiger partial charge in [-0.15, -0.1) is 0 Å². The molecule has 142 valence electrons. The number of ether oxygens (including phenoxy) is 1. The maximum atomic E-state index is 6.37. The maximum Gasteiger partial charge on any atom is 0.490 e. The quantitative estimate of drug-likeness (QED) is 0.664. The van der Waals surface area contributed by atoms with Crippen molar-refractivity contribution in [2.75, 3.05) is 7.11 Å².